The van der Waals surface area contributed by atoms with Gasteiger partial charge in [0, 0.05) is 24.7 Å². The van der Waals surface area contributed by atoms with Gasteiger partial charge < -0.3 is 5.11 Å². The maximum absolute atomic E-state index is 12.8. The van der Waals surface area contributed by atoms with Crippen LogP contribution in [-0.4, -0.2) is 41.8 Å². The minimum Gasteiger partial charge on any atom is -0.481 e. The number of hydrogen-bond acceptors (Lipinski definition) is 5. The summed E-state index contributed by atoms with van der Waals surface area (Å²) >= 11 is 5.93. The Morgan fingerprint density at radius 2 is 2.04 bits per heavy atom. The molecular formula is C14H17ClN2O6S. The second-order valence-corrected chi connectivity index (χ2v) is 8.35. The number of nitro groups is 1. The van der Waals surface area contributed by atoms with Crippen molar-refractivity contribution in [3.63, 3.8) is 0 Å². The van der Waals surface area contributed by atoms with E-state index in [1.54, 1.807) is 6.92 Å². The minimum atomic E-state index is -4.08. The van der Waals surface area contributed by atoms with Crippen molar-refractivity contribution in [2.24, 2.45) is 11.8 Å². The molecule has 1 aliphatic rings. The summed E-state index contributed by atoms with van der Waals surface area (Å²) in [6.45, 7) is 3.19. The predicted octanol–water partition coefficient (Wildman–Crippen LogP) is 2.29. The average Bonchev–Trinajstić information content (AvgIpc) is 2.48. The zero-order valence-corrected chi connectivity index (χ0v) is 14.7. The first-order valence-corrected chi connectivity index (χ1v) is 9.03. The molecule has 1 fully saturated rings. The predicted molar refractivity (Wildman–Crippen MR) is 86.5 cm³/mol. The molecule has 1 N–H and O–H groups in total. The fourth-order valence-corrected chi connectivity index (χ4v) is 4.74. The normalized spacial score (nSPS) is 22.3. The van der Waals surface area contributed by atoms with Crippen LogP contribution >= 0.6 is 11.6 Å². The van der Waals surface area contributed by atoms with E-state index in [0.717, 1.165) is 16.4 Å². The second kappa shape index (κ2) is 6.66. The van der Waals surface area contributed by atoms with Gasteiger partial charge in [-0.2, -0.15) is 4.31 Å². The van der Waals surface area contributed by atoms with E-state index >= 15 is 0 Å². The molecule has 2 rings (SSSR count). The van der Waals surface area contributed by atoms with Gasteiger partial charge in [0.25, 0.3) is 5.69 Å². The molecule has 1 aromatic carbocycles. The summed E-state index contributed by atoms with van der Waals surface area (Å²) in [6.07, 6.45) is 0.385. The number of nitro benzene ring substituents is 1. The van der Waals surface area contributed by atoms with E-state index in [9.17, 15) is 28.4 Å². The van der Waals surface area contributed by atoms with Gasteiger partial charge in [0.2, 0.25) is 10.0 Å². The number of nitrogens with zero attached hydrogens (tertiary/aromatic N) is 2. The fraction of sp³-hybridized carbons (Fsp3) is 0.500. The smallest absolute Gasteiger partial charge is 0.307 e. The van der Waals surface area contributed by atoms with E-state index in [0.29, 0.717) is 6.42 Å². The van der Waals surface area contributed by atoms with Crippen molar-refractivity contribution in [1.29, 1.82) is 0 Å². The van der Waals surface area contributed by atoms with Crippen molar-refractivity contribution in [2.75, 3.05) is 13.1 Å². The molecule has 0 radical (unpaired) electrons. The fourth-order valence-electron chi connectivity index (χ4n) is 2.81. The third-order valence-electron chi connectivity index (χ3n) is 4.10. The Labute approximate surface area is 144 Å². The summed E-state index contributed by atoms with van der Waals surface area (Å²) in [5.41, 5.74) is -0.211. The number of hydrogen-bond donors (Lipinski definition) is 1. The zero-order chi connectivity index (χ0) is 18.2. The van der Waals surface area contributed by atoms with Crippen LogP contribution in [0.4, 0.5) is 5.69 Å². The molecule has 1 heterocycles. The molecule has 0 bridgehead atoms. The van der Waals surface area contributed by atoms with Crippen LogP contribution in [0.5, 0.6) is 0 Å². The minimum absolute atomic E-state index is 0.0254. The van der Waals surface area contributed by atoms with Gasteiger partial charge in [-0.25, -0.2) is 8.42 Å². The SMILES string of the molecule is Cc1c(Cl)cc(S(=O)(=O)N2CC(C)CC(C(=O)O)C2)cc1[N+](=O)[O-]. The molecule has 1 aliphatic heterocycles. The number of benzene rings is 1. The molecule has 2 unspecified atom stereocenters. The van der Waals surface area contributed by atoms with E-state index in [1.165, 1.54) is 6.92 Å². The van der Waals surface area contributed by atoms with Gasteiger partial charge in [0.1, 0.15) is 0 Å². The van der Waals surface area contributed by atoms with Crippen LogP contribution in [-0.2, 0) is 14.8 Å². The van der Waals surface area contributed by atoms with Crippen LogP contribution in [0.1, 0.15) is 18.9 Å². The lowest BCUT2D eigenvalue weighted by atomic mass is 9.92. The Morgan fingerprint density at radius 1 is 1.42 bits per heavy atom. The molecule has 0 amide bonds. The standard InChI is InChI=1S/C14H17ClN2O6S/c1-8-3-10(14(18)19)7-16(6-8)24(22,23)11-4-12(15)9(2)13(5-11)17(20)21/h4-5,8,10H,3,6-7H2,1-2H3,(H,18,19). The van der Waals surface area contributed by atoms with Crippen molar-refractivity contribution in [3.05, 3.63) is 32.8 Å². The highest BCUT2D eigenvalue weighted by Gasteiger charge is 2.37. The molecule has 0 saturated carbocycles. The molecule has 24 heavy (non-hydrogen) atoms. The number of halogens is 1. The van der Waals surface area contributed by atoms with Crippen LogP contribution in [0.2, 0.25) is 5.02 Å². The van der Waals surface area contributed by atoms with Crippen molar-refractivity contribution in [1.82, 2.24) is 4.31 Å². The topological polar surface area (TPSA) is 118 Å². The third-order valence-corrected chi connectivity index (χ3v) is 6.30. The van der Waals surface area contributed by atoms with Crippen molar-refractivity contribution in [2.45, 2.75) is 25.2 Å². The summed E-state index contributed by atoms with van der Waals surface area (Å²) in [6, 6.07) is 2.12. The number of piperidine rings is 1. The number of aliphatic carboxylic acids is 1. The molecule has 0 aliphatic carbocycles. The van der Waals surface area contributed by atoms with Crippen molar-refractivity contribution >= 4 is 33.3 Å². The van der Waals surface area contributed by atoms with Crippen LogP contribution in [0.15, 0.2) is 17.0 Å². The molecule has 8 nitrogen and oxygen atoms in total. The van der Waals surface area contributed by atoms with Gasteiger partial charge in [0.05, 0.1) is 20.8 Å². The molecule has 0 spiro atoms. The van der Waals surface area contributed by atoms with E-state index in [4.69, 9.17) is 11.6 Å². The summed E-state index contributed by atoms with van der Waals surface area (Å²) in [4.78, 5) is 21.3. The highest BCUT2D eigenvalue weighted by atomic mass is 35.5. The second-order valence-electron chi connectivity index (χ2n) is 6.00. The van der Waals surface area contributed by atoms with Gasteiger partial charge in [-0.1, -0.05) is 18.5 Å². The lowest BCUT2D eigenvalue weighted by molar-refractivity contribution is -0.385. The largest absolute Gasteiger partial charge is 0.481 e. The highest BCUT2D eigenvalue weighted by Crippen LogP contribution is 2.33. The molecule has 10 heteroatoms. The van der Waals surface area contributed by atoms with Crippen molar-refractivity contribution < 1.29 is 23.2 Å². The van der Waals surface area contributed by atoms with Crippen LogP contribution in [0.3, 0.4) is 0 Å². The summed E-state index contributed by atoms with van der Waals surface area (Å²) < 4.78 is 26.6. The van der Waals surface area contributed by atoms with Crippen LogP contribution < -0.4 is 0 Å². The number of rotatable bonds is 4. The number of carboxylic acids is 1. The van der Waals surface area contributed by atoms with Gasteiger partial charge in [-0.15, -0.1) is 0 Å². The monoisotopic (exact) mass is 376 g/mol. The Hall–Kier alpha value is -1.71. The molecule has 2 atom stereocenters. The molecule has 1 aromatic rings. The zero-order valence-electron chi connectivity index (χ0n) is 13.1. The quantitative estimate of drug-likeness (QED) is 0.636. The van der Waals surface area contributed by atoms with Crippen LogP contribution in [0.25, 0.3) is 0 Å². The molecule has 0 aromatic heterocycles. The Bertz CT molecular complexity index is 795. The number of carbonyl (C=O) groups is 1. The Kier molecular flexibility index (Phi) is 5.17. The lowest BCUT2D eigenvalue weighted by Crippen LogP contribution is -2.45. The first kappa shape index (κ1) is 18.6. The molecule has 132 valence electrons. The Morgan fingerprint density at radius 3 is 2.58 bits per heavy atom. The van der Waals surface area contributed by atoms with E-state index in [2.05, 4.69) is 0 Å². The molecule has 1 saturated heterocycles. The maximum Gasteiger partial charge on any atom is 0.307 e. The van der Waals surface area contributed by atoms with Gasteiger partial charge in [-0.05, 0) is 25.3 Å². The number of carboxylic acid groups (broad SMARTS) is 1. The first-order valence-electron chi connectivity index (χ1n) is 7.21. The van der Waals surface area contributed by atoms with Gasteiger partial charge in [-0.3, -0.25) is 14.9 Å². The van der Waals surface area contributed by atoms with E-state index in [1.807, 2.05) is 0 Å². The summed E-state index contributed by atoms with van der Waals surface area (Å²) in [5.74, 6) is -2.00. The van der Waals surface area contributed by atoms with Crippen LogP contribution in [0, 0.1) is 28.9 Å². The lowest BCUT2D eigenvalue weighted by Gasteiger charge is -2.33. The summed E-state index contributed by atoms with van der Waals surface area (Å²) in [5, 5.41) is 20.2. The van der Waals surface area contributed by atoms with Crippen molar-refractivity contribution in [3.8, 4) is 0 Å². The number of sulfonamides is 1. The van der Waals surface area contributed by atoms with E-state index in [-0.39, 0.29) is 40.2 Å². The maximum atomic E-state index is 12.8. The highest BCUT2D eigenvalue weighted by molar-refractivity contribution is 7.89. The van der Waals surface area contributed by atoms with Gasteiger partial charge in [0.15, 0.2) is 0 Å². The molecular weight excluding hydrogens is 360 g/mol. The third kappa shape index (κ3) is 3.52. The first-order chi connectivity index (χ1) is 11.0. The Balaban J connectivity index is 2.47. The average molecular weight is 377 g/mol. The summed E-state index contributed by atoms with van der Waals surface area (Å²) in [7, 11) is -4.08. The van der Waals surface area contributed by atoms with Gasteiger partial charge >= 0.3 is 5.97 Å². The van der Waals surface area contributed by atoms with E-state index < -0.39 is 26.8 Å².